The Balaban J connectivity index is 1.95. The van der Waals surface area contributed by atoms with E-state index in [1.54, 1.807) is 6.07 Å². The van der Waals surface area contributed by atoms with Crippen molar-refractivity contribution >= 4 is 28.5 Å². The number of nitrogens with zero attached hydrogens (tertiary/aromatic N) is 1. The van der Waals surface area contributed by atoms with Gasteiger partial charge in [0.15, 0.2) is 5.58 Å². The van der Waals surface area contributed by atoms with Crippen molar-refractivity contribution in [2.75, 3.05) is 18.5 Å². The Morgan fingerprint density at radius 1 is 1.30 bits per heavy atom. The quantitative estimate of drug-likeness (QED) is 0.824. The normalized spacial score (nSPS) is 14.7. The van der Waals surface area contributed by atoms with E-state index in [-0.39, 0.29) is 18.8 Å². The summed E-state index contributed by atoms with van der Waals surface area (Å²) >= 11 is 0. The van der Waals surface area contributed by atoms with Gasteiger partial charge in [0.05, 0.1) is 18.8 Å². The summed E-state index contributed by atoms with van der Waals surface area (Å²) in [5, 5.41) is 12.9. The average Bonchev–Trinajstić information content (AvgIpc) is 3.00. The molecule has 1 aliphatic heterocycles. The predicted molar refractivity (Wildman–Crippen MR) is 85.8 cm³/mol. The van der Waals surface area contributed by atoms with Gasteiger partial charge in [0.25, 0.3) is 11.8 Å². The van der Waals surface area contributed by atoms with Crippen LogP contribution < -0.4 is 5.32 Å². The number of β-amino-alcohol motifs (C(OH)–C–C–N with tert-alkyl or cyclic N) is 1. The number of para-hydroxylation sites is 1. The third-order valence-corrected chi connectivity index (χ3v) is 3.99. The number of imide groups is 1. The number of aryl methyl sites for hydroxylation is 2. The minimum absolute atomic E-state index is 0.0105. The molecule has 2 aromatic rings. The van der Waals surface area contributed by atoms with Gasteiger partial charge in [-0.25, -0.2) is 0 Å². The number of anilines is 1. The molecule has 0 saturated heterocycles. The molecular formula is C17H18N2O4. The van der Waals surface area contributed by atoms with Crippen LogP contribution in [0.5, 0.6) is 0 Å². The highest BCUT2D eigenvalue weighted by Crippen LogP contribution is 2.32. The van der Waals surface area contributed by atoms with Gasteiger partial charge < -0.3 is 14.8 Å². The van der Waals surface area contributed by atoms with Gasteiger partial charge in [0, 0.05) is 17.9 Å². The first-order chi connectivity index (χ1) is 11.1. The lowest BCUT2D eigenvalue weighted by atomic mass is 10.1. The van der Waals surface area contributed by atoms with Crippen molar-refractivity contribution in [3.8, 4) is 0 Å². The van der Waals surface area contributed by atoms with E-state index in [1.165, 1.54) is 6.08 Å². The second kappa shape index (κ2) is 5.89. The molecule has 6 heteroatoms. The largest absolute Gasteiger partial charge is 0.459 e. The number of fused-ring (bicyclic) bond motifs is 1. The molecule has 1 aliphatic rings. The number of carbonyl (C=O) groups is 2. The monoisotopic (exact) mass is 314 g/mol. The van der Waals surface area contributed by atoms with Crippen molar-refractivity contribution in [3.63, 3.8) is 0 Å². The van der Waals surface area contributed by atoms with E-state index in [0.29, 0.717) is 11.3 Å². The number of amides is 2. The third-order valence-electron chi connectivity index (χ3n) is 3.99. The van der Waals surface area contributed by atoms with Crippen molar-refractivity contribution in [2.45, 2.75) is 20.3 Å². The molecule has 0 radical (unpaired) electrons. The van der Waals surface area contributed by atoms with Crippen LogP contribution >= 0.6 is 0 Å². The molecule has 0 atom stereocenters. The van der Waals surface area contributed by atoms with Crippen LogP contribution in [0.25, 0.3) is 11.0 Å². The van der Waals surface area contributed by atoms with Gasteiger partial charge in [0.1, 0.15) is 11.5 Å². The molecule has 0 spiro atoms. The summed E-state index contributed by atoms with van der Waals surface area (Å²) < 4.78 is 5.89. The first-order valence-electron chi connectivity index (χ1n) is 7.53. The molecule has 0 unspecified atom stereocenters. The van der Waals surface area contributed by atoms with Gasteiger partial charge in [-0.15, -0.1) is 0 Å². The van der Waals surface area contributed by atoms with Crippen LogP contribution in [0.4, 0.5) is 5.69 Å². The van der Waals surface area contributed by atoms with Crippen molar-refractivity contribution in [1.82, 2.24) is 4.90 Å². The summed E-state index contributed by atoms with van der Waals surface area (Å²) in [5.74, 6) is 0.0302. The van der Waals surface area contributed by atoms with Crippen molar-refractivity contribution in [1.29, 1.82) is 0 Å². The molecule has 1 aromatic heterocycles. The molecule has 0 saturated carbocycles. The number of nitrogens with one attached hydrogen (secondary N) is 1. The van der Waals surface area contributed by atoms with Crippen molar-refractivity contribution < 1.29 is 19.1 Å². The molecule has 2 amide bonds. The van der Waals surface area contributed by atoms with Gasteiger partial charge in [-0.2, -0.15) is 0 Å². The Kier molecular flexibility index (Phi) is 3.92. The second-order valence-corrected chi connectivity index (χ2v) is 5.39. The summed E-state index contributed by atoms with van der Waals surface area (Å²) in [5.41, 5.74) is 2.58. The lowest BCUT2D eigenvalue weighted by molar-refractivity contribution is -0.137. The molecule has 1 aromatic carbocycles. The second-order valence-electron chi connectivity index (χ2n) is 5.39. The summed E-state index contributed by atoms with van der Waals surface area (Å²) in [7, 11) is 0. The molecular weight excluding hydrogens is 296 g/mol. The number of benzene rings is 1. The highest BCUT2D eigenvalue weighted by Gasteiger charge is 2.31. The zero-order valence-corrected chi connectivity index (χ0v) is 13.0. The van der Waals surface area contributed by atoms with Gasteiger partial charge in [-0.05, 0) is 18.6 Å². The fourth-order valence-corrected chi connectivity index (χ4v) is 2.78. The smallest absolute Gasteiger partial charge is 0.277 e. The van der Waals surface area contributed by atoms with Gasteiger partial charge >= 0.3 is 0 Å². The molecule has 0 fully saturated rings. The molecule has 23 heavy (non-hydrogen) atoms. The number of hydrogen-bond acceptors (Lipinski definition) is 5. The number of furan rings is 1. The SMILES string of the molecule is CCc1oc2c(NC3=CC(=O)N(CCO)C3=O)cccc2c1C. The summed E-state index contributed by atoms with van der Waals surface area (Å²) in [4.78, 5) is 25.0. The van der Waals surface area contributed by atoms with Gasteiger partial charge in [-0.1, -0.05) is 19.1 Å². The van der Waals surface area contributed by atoms with Gasteiger partial charge in [-0.3, -0.25) is 14.5 Å². The first kappa shape index (κ1) is 15.3. The van der Waals surface area contributed by atoms with Crippen LogP contribution in [-0.2, 0) is 16.0 Å². The molecule has 2 N–H and O–H groups in total. The van der Waals surface area contributed by atoms with E-state index in [1.807, 2.05) is 26.0 Å². The lowest BCUT2D eigenvalue weighted by Gasteiger charge is -2.13. The van der Waals surface area contributed by atoms with Crippen LogP contribution in [0.15, 0.2) is 34.4 Å². The van der Waals surface area contributed by atoms with E-state index < -0.39 is 11.8 Å². The number of hydrogen-bond donors (Lipinski definition) is 2. The predicted octanol–water partition coefficient (Wildman–Crippen LogP) is 1.96. The Bertz CT molecular complexity index is 819. The molecule has 0 aliphatic carbocycles. The Labute approximate surface area is 133 Å². The van der Waals surface area contributed by atoms with Crippen molar-refractivity contribution in [2.24, 2.45) is 0 Å². The fraction of sp³-hybridized carbons (Fsp3) is 0.294. The highest BCUT2D eigenvalue weighted by molar-refractivity contribution is 6.18. The zero-order valence-electron chi connectivity index (χ0n) is 13.0. The highest BCUT2D eigenvalue weighted by atomic mass is 16.3. The van der Waals surface area contributed by atoms with Crippen LogP contribution in [-0.4, -0.2) is 35.0 Å². The summed E-state index contributed by atoms with van der Waals surface area (Å²) in [6, 6.07) is 5.64. The van der Waals surface area contributed by atoms with E-state index in [2.05, 4.69) is 5.32 Å². The summed E-state index contributed by atoms with van der Waals surface area (Å²) in [6.45, 7) is 3.75. The van der Waals surface area contributed by atoms with E-state index in [0.717, 1.165) is 28.0 Å². The standard InChI is InChI=1S/C17H18N2O4/c1-3-14-10(2)11-5-4-6-12(16(11)23-14)18-13-9-15(21)19(7-8-20)17(13)22/h4-6,9,18,20H,3,7-8H2,1-2H3. The van der Waals surface area contributed by atoms with Gasteiger partial charge in [0.2, 0.25) is 0 Å². The zero-order chi connectivity index (χ0) is 16.6. The van der Waals surface area contributed by atoms with E-state index >= 15 is 0 Å². The van der Waals surface area contributed by atoms with Crippen molar-refractivity contribution in [3.05, 3.63) is 41.3 Å². The van der Waals surface area contributed by atoms with E-state index in [9.17, 15) is 9.59 Å². The Morgan fingerprint density at radius 2 is 2.09 bits per heavy atom. The number of rotatable bonds is 5. The maximum Gasteiger partial charge on any atom is 0.277 e. The van der Waals surface area contributed by atoms with Crippen LogP contribution in [0.2, 0.25) is 0 Å². The Morgan fingerprint density at radius 3 is 2.78 bits per heavy atom. The average molecular weight is 314 g/mol. The lowest BCUT2D eigenvalue weighted by Crippen LogP contribution is -2.34. The maximum absolute atomic E-state index is 12.2. The third kappa shape index (κ3) is 2.51. The minimum Gasteiger partial charge on any atom is -0.459 e. The fourth-order valence-electron chi connectivity index (χ4n) is 2.78. The molecule has 120 valence electrons. The van der Waals surface area contributed by atoms with Crippen LogP contribution in [0.1, 0.15) is 18.2 Å². The number of aliphatic hydroxyl groups excluding tert-OH is 1. The topological polar surface area (TPSA) is 82.8 Å². The van der Waals surface area contributed by atoms with E-state index in [4.69, 9.17) is 9.52 Å². The molecule has 0 bridgehead atoms. The number of carbonyl (C=O) groups excluding carboxylic acids is 2. The Hall–Kier alpha value is -2.60. The maximum atomic E-state index is 12.2. The van der Waals surface area contributed by atoms with Crippen LogP contribution in [0, 0.1) is 6.92 Å². The first-order valence-corrected chi connectivity index (χ1v) is 7.53. The minimum atomic E-state index is -0.444. The molecule has 6 nitrogen and oxygen atoms in total. The summed E-state index contributed by atoms with van der Waals surface area (Å²) in [6.07, 6.45) is 2.03. The molecule has 3 rings (SSSR count). The number of aliphatic hydroxyl groups is 1. The molecule has 2 heterocycles. The van der Waals surface area contributed by atoms with Crippen LogP contribution in [0.3, 0.4) is 0 Å².